The van der Waals surface area contributed by atoms with Crippen LogP contribution in [-0.4, -0.2) is 0 Å². The minimum absolute atomic E-state index is 0. The summed E-state index contributed by atoms with van der Waals surface area (Å²) in [4.78, 5) is 0. The third-order valence-electron chi connectivity index (χ3n) is 3.52. The Balaban J connectivity index is 0. The second-order valence-electron chi connectivity index (χ2n) is 5.32. The molecule has 0 nitrogen and oxygen atoms in total. The maximum Gasteiger partial charge on any atom is 2.00 e. The maximum absolute atomic E-state index is 2.20. The van der Waals surface area contributed by atoms with Gasteiger partial charge in [-0.25, -0.2) is 0 Å². The Kier molecular flexibility index (Phi) is 12.7. The van der Waals surface area contributed by atoms with Crippen LogP contribution in [0.5, 0.6) is 0 Å². The fourth-order valence-corrected chi connectivity index (χ4v) is 2.61. The molecule has 0 aromatic heterocycles. The van der Waals surface area contributed by atoms with Gasteiger partial charge in [0.1, 0.15) is 0 Å². The summed E-state index contributed by atoms with van der Waals surface area (Å²) in [5.41, 5.74) is 2.70. The summed E-state index contributed by atoms with van der Waals surface area (Å²) >= 11 is 0. The molecular formula is C20H18Cl2V2. The zero-order valence-electron chi connectivity index (χ0n) is 13.6. The van der Waals surface area contributed by atoms with Crippen molar-refractivity contribution in [2.24, 2.45) is 0 Å². The van der Waals surface area contributed by atoms with E-state index in [2.05, 4.69) is 86.6 Å². The monoisotopic (exact) mass is 430 g/mol. The van der Waals surface area contributed by atoms with Crippen LogP contribution in [0.25, 0.3) is 21.5 Å². The van der Waals surface area contributed by atoms with E-state index >= 15 is 0 Å². The van der Waals surface area contributed by atoms with Crippen molar-refractivity contribution in [3.8, 4) is 0 Å². The van der Waals surface area contributed by atoms with Gasteiger partial charge < -0.3 is 24.8 Å². The Labute approximate surface area is 180 Å². The zero-order valence-corrected chi connectivity index (χ0v) is 17.9. The van der Waals surface area contributed by atoms with E-state index < -0.39 is 0 Å². The fourth-order valence-electron chi connectivity index (χ4n) is 2.61. The molecule has 0 amide bonds. The Morgan fingerprint density at radius 2 is 0.917 bits per heavy atom. The SMILES string of the molecule is Cc1cc2ccccc2[cH-]1.Cc1cc2ccccc2[cH-]1.[Cl-].[Cl-].[V+2].[V+2]. The minimum atomic E-state index is 0. The Morgan fingerprint density at radius 1 is 0.583 bits per heavy atom. The predicted octanol–water partition coefficient (Wildman–Crippen LogP) is -0.263. The first-order valence-electron chi connectivity index (χ1n) is 6.96. The molecule has 4 rings (SSSR count). The van der Waals surface area contributed by atoms with Crippen molar-refractivity contribution in [1.82, 2.24) is 0 Å². The second-order valence-corrected chi connectivity index (χ2v) is 5.32. The Morgan fingerprint density at radius 3 is 1.25 bits per heavy atom. The summed E-state index contributed by atoms with van der Waals surface area (Å²) in [7, 11) is 0. The van der Waals surface area contributed by atoms with Gasteiger partial charge in [0, 0.05) is 0 Å². The Hall–Kier alpha value is -0.591. The Bertz CT molecular complexity index is 709. The van der Waals surface area contributed by atoms with Gasteiger partial charge in [0.05, 0.1) is 0 Å². The van der Waals surface area contributed by atoms with Gasteiger partial charge in [-0.1, -0.05) is 26.0 Å². The molecule has 0 aliphatic heterocycles. The number of rotatable bonds is 0. The molecule has 0 fully saturated rings. The molecule has 0 aliphatic carbocycles. The van der Waals surface area contributed by atoms with Crippen molar-refractivity contribution in [1.29, 1.82) is 0 Å². The molecular weight excluding hydrogens is 413 g/mol. The molecule has 0 unspecified atom stereocenters. The van der Waals surface area contributed by atoms with E-state index in [9.17, 15) is 0 Å². The van der Waals surface area contributed by atoms with Gasteiger partial charge in [-0.3, -0.25) is 0 Å². The predicted molar refractivity (Wildman–Crippen MR) is 88.6 cm³/mol. The number of aryl methyl sites for hydroxylation is 2. The van der Waals surface area contributed by atoms with E-state index in [1.54, 1.807) is 0 Å². The maximum atomic E-state index is 2.20. The van der Waals surface area contributed by atoms with Gasteiger partial charge in [-0.2, -0.15) is 12.1 Å². The standard InChI is InChI=1S/2C10H9.2ClH.2V/c2*1-8-6-9-4-2-3-5-10(9)7-8;;;;/h2*2-7H,1H3;2*1H;;/q2*-1;;;2*+2/p-2. The average molecular weight is 431 g/mol. The molecule has 0 saturated carbocycles. The molecule has 0 saturated heterocycles. The van der Waals surface area contributed by atoms with Crippen LogP contribution in [0.15, 0.2) is 72.8 Å². The van der Waals surface area contributed by atoms with Crippen molar-refractivity contribution < 1.29 is 61.9 Å². The molecule has 4 aromatic carbocycles. The van der Waals surface area contributed by atoms with Crippen LogP contribution >= 0.6 is 0 Å². The second kappa shape index (κ2) is 11.9. The molecule has 0 spiro atoms. The van der Waals surface area contributed by atoms with Crippen molar-refractivity contribution in [3.05, 3.63) is 83.9 Å². The van der Waals surface area contributed by atoms with Gasteiger partial charge in [0.15, 0.2) is 0 Å². The molecule has 2 radical (unpaired) electrons. The largest absolute Gasteiger partial charge is 2.00 e. The van der Waals surface area contributed by atoms with E-state index in [1.165, 1.54) is 32.7 Å². The summed E-state index contributed by atoms with van der Waals surface area (Å²) in [6.45, 7) is 4.25. The van der Waals surface area contributed by atoms with Gasteiger partial charge in [0.25, 0.3) is 0 Å². The van der Waals surface area contributed by atoms with Gasteiger partial charge in [-0.15, -0.1) is 81.2 Å². The zero-order chi connectivity index (χ0) is 13.9. The first kappa shape index (κ1) is 25.6. The quantitative estimate of drug-likeness (QED) is 0.337. The van der Waals surface area contributed by atoms with Gasteiger partial charge in [0.2, 0.25) is 0 Å². The first-order chi connectivity index (χ1) is 9.72. The topological polar surface area (TPSA) is 0 Å². The molecule has 0 atom stereocenters. The molecule has 0 N–H and O–H groups in total. The van der Waals surface area contributed by atoms with Crippen LogP contribution in [0, 0.1) is 13.8 Å². The first-order valence-corrected chi connectivity index (χ1v) is 6.96. The van der Waals surface area contributed by atoms with Crippen molar-refractivity contribution in [2.45, 2.75) is 13.8 Å². The molecule has 0 bridgehead atoms. The summed E-state index contributed by atoms with van der Waals surface area (Å²) < 4.78 is 0. The van der Waals surface area contributed by atoms with E-state index in [0.29, 0.717) is 0 Å². The smallest absolute Gasteiger partial charge is 1.00 e. The van der Waals surface area contributed by atoms with Crippen LogP contribution < -0.4 is 24.8 Å². The summed E-state index contributed by atoms with van der Waals surface area (Å²) in [5, 5.41) is 5.39. The fraction of sp³-hybridized carbons (Fsp3) is 0.100. The number of hydrogen-bond donors (Lipinski definition) is 0. The van der Waals surface area contributed by atoms with Crippen LogP contribution in [0.1, 0.15) is 11.1 Å². The van der Waals surface area contributed by atoms with Gasteiger partial charge >= 0.3 is 37.1 Å². The normalized spacial score (nSPS) is 8.75. The number of halogens is 2. The number of benzene rings is 2. The van der Waals surface area contributed by atoms with Crippen LogP contribution in [0.4, 0.5) is 0 Å². The van der Waals surface area contributed by atoms with Crippen LogP contribution in [0.2, 0.25) is 0 Å². The molecule has 4 aromatic rings. The van der Waals surface area contributed by atoms with E-state index in [1.807, 2.05) is 0 Å². The molecule has 24 heavy (non-hydrogen) atoms. The average Bonchev–Trinajstić information content (AvgIpc) is 2.99. The third-order valence-corrected chi connectivity index (χ3v) is 3.52. The molecule has 0 heterocycles. The molecule has 122 valence electrons. The summed E-state index contributed by atoms with van der Waals surface area (Å²) in [6, 6.07) is 25.7. The minimum Gasteiger partial charge on any atom is -1.00 e. The van der Waals surface area contributed by atoms with Crippen molar-refractivity contribution in [2.75, 3.05) is 0 Å². The molecule has 4 heteroatoms. The van der Waals surface area contributed by atoms with E-state index in [0.717, 1.165) is 0 Å². The van der Waals surface area contributed by atoms with Crippen LogP contribution in [0.3, 0.4) is 0 Å². The summed E-state index contributed by atoms with van der Waals surface area (Å²) in [5.74, 6) is 0. The van der Waals surface area contributed by atoms with Crippen molar-refractivity contribution >= 4 is 21.5 Å². The van der Waals surface area contributed by atoms with E-state index in [-0.39, 0.29) is 61.9 Å². The van der Waals surface area contributed by atoms with Crippen LogP contribution in [-0.2, 0) is 37.1 Å². The molecule has 0 aliphatic rings. The van der Waals surface area contributed by atoms with E-state index in [4.69, 9.17) is 0 Å². The number of fused-ring (bicyclic) bond motifs is 2. The van der Waals surface area contributed by atoms with Crippen molar-refractivity contribution in [3.63, 3.8) is 0 Å². The third kappa shape index (κ3) is 6.37. The van der Waals surface area contributed by atoms with Gasteiger partial charge in [-0.05, 0) is 0 Å². The summed E-state index contributed by atoms with van der Waals surface area (Å²) in [6.07, 6.45) is 0. The number of hydrogen-bond acceptors (Lipinski definition) is 0.